The standard InChI is InChI=1S/C29H30N2O9/c1-35-23-14-18(7-8-20-16-25(37-3)29(40-6)26(17-20)38-4)9-11-21(23)30-27(32)12-10-19-13-22(31(33)34)28(39-5)24(15-19)36-2/h7-17H,1-6H3,(H,30,32)/b8-7?,12-10+. The molecule has 3 rings (SSSR count). The molecule has 0 saturated carbocycles. The monoisotopic (exact) mass is 550 g/mol. The van der Waals surface area contributed by atoms with Crippen LogP contribution in [0.2, 0.25) is 0 Å². The Balaban J connectivity index is 1.79. The summed E-state index contributed by atoms with van der Waals surface area (Å²) in [6.45, 7) is 0. The molecule has 3 aromatic rings. The lowest BCUT2D eigenvalue weighted by atomic mass is 10.1. The maximum Gasteiger partial charge on any atom is 0.315 e. The fraction of sp³-hybridized carbons (Fsp3) is 0.207. The number of ether oxygens (including phenoxy) is 6. The number of carbonyl (C=O) groups excluding carboxylic acids is 1. The van der Waals surface area contributed by atoms with E-state index in [2.05, 4.69) is 5.32 Å². The summed E-state index contributed by atoms with van der Waals surface area (Å²) in [5, 5.41) is 14.2. The number of nitro groups is 1. The molecule has 40 heavy (non-hydrogen) atoms. The molecule has 0 aliphatic carbocycles. The number of benzene rings is 3. The molecule has 0 saturated heterocycles. The van der Waals surface area contributed by atoms with E-state index in [1.54, 1.807) is 33.5 Å². The summed E-state index contributed by atoms with van der Waals surface area (Å²) in [7, 11) is 8.83. The lowest BCUT2D eigenvalue weighted by Crippen LogP contribution is -2.09. The van der Waals surface area contributed by atoms with Crippen LogP contribution in [-0.2, 0) is 4.79 Å². The Morgan fingerprint density at radius 2 is 1.18 bits per heavy atom. The topological polar surface area (TPSA) is 128 Å². The Morgan fingerprint density at radius 3 is 1.70 bits per heavy atom. The third-order valence-electron chi connectivity index (χ3n) is 5.74. The van der Waals surface area contributed by atoms with Crippen LogP contribution in [0.15, 0.2) is 48.5 Å². The number of rotatable bonds is 12. The minimum absolute atomic E-state index is 0.00163. The van der Waals surface area contributed by atoms with Crippen LogP contribution in [0, 0.1) is 10.1 Å². The van der Waals surface area contributed by atoms with E-state index < -0.39 is 10.8 Å². The average Bonchev–Trinajstić information content (AvgIpc) is 2.97. The summed E-state index contributed by atoms with van der Waals surface area (Å²) in [5.41, 5.74) is 2.20. The van der Waals surface area contributed by atoms with Gasteiger partial charge in [-0.15, -0.1) is 0 Å². The van der Waals surface area contributed by atoms with Gasteiger partial charge in [0, 0.05) is 12.1 Å². The first kappa shape index (κ1) is 29.4. The van der Waals surface area contributed by atoms with Crippen LogP contribution in [0.25, 0.3) is 18.2 Å². The number of nitrogens with zero attached hydrogens (tertiary/aromatic N) is 1. The Labute approximate surface area is 231 Å². The number of hydrogen-bond donors (Lipinski definition) is 1. The number of anilines is 1. The Morgan fingerprint density at radius 1 is 0.675 bits per heavy atom. The van der Waals surface area contributed by atoms with Crippen molar-refractivity contribution in [2.24, 2.45) is 0 Å². The predicted octanol–water partition coefficient (Wildman–Crippen LogP) is 5.47. The van der Waals surface area contributed by atoms with Gasteiger partial charge in [-0.25, -0.2) is 0 Å². The van der Waals surface area contributed by atoms with E-state index in [9.17, 15) is 14.9 Å². The van der Waals surface area contributed by atoms with Gasteiger partial charge in [0.2, 0.25) is 17.4 Å². The van der Waals surface area contributed by atoms with E-state index in [0.717, 1.165) is 11.1 Å². The molecule has 0 fully saturated rings. The smallest absolute Gasteiger partial charge is 0.315 e. The maximum absolute atomic E-state index is 12.6. The van der Waals surface area contributed by atoms with E-state index in [-0.39, 0.29) is 17.2 Å². The van der Waals surface area contributed by atoms with Gasteiger partial charge in [-0.1, -0.05) is 18.2 Å². The molecular formula is C29H30N2O9. The summed E-state index contributed by atoms with van der Waals surface area (Å²) in [4.78, 5) is 23.5. The highest BCUT2D eigenvalue weighted by Crippen LogP contribution is 2.39. The second-order valence-corrected chi connectivity index (χ2v) is 8.11. The van der Waals surface area contributed by atoms with Crippen molar-refractivity contribution < 1.29 is 38.1 Å². The third kappa shape index (κ3) is 6.81. The molecular weight excluding hydrogens is 520 g/mol. The summed E-state index contributed by atoms with van der Waals surface area (Å²) in [5.74, 6) is 1.72. The van der Waals surface area contributed by atoms with E-state index in [1.807, 2.05) is 30.4 Å². The fourth-order valence-electron chi connectivity index (χ4n) is 3.85. The van der Waals surface area contributed by atoms with Crippen molar-refractivity contribution in [3.8, 4) is 34.5 Å². The van der Waals surface area contributed by atoms with E-state index in [0.29, 0.717) is 34.2 Å². The largest absolute Gasteiger partial charge is 0.495 e. The van der Waals surface area contributed by atoms with Crippen LogP contribution < -0.4 is 33.7 Å². The molecule has 0 heterocycles. The van der Waals surface area contributed by atoms with Crippen molar-refractivity contribution in [2.45, 2.75) is 0 Å². The number of carbonyl (C=O) groups is 1. The van der Waals surface area contributed by atoms with Gasteiger partial charge in [0.05, 0.1) is 53.3 Å². The lowest BCUT2D eigenvalue weighted by Gasteiger charge is -2.13. The number of hydrogen-bond acceptors (Lipinski definition) is 9. The maximum atomic E-state index is 12.6. The molecule has 0 atom stereocenters. The molecule has 0 unspecified atom stereocenters. The molecule has 1 amide bonds. The Kier molecular flexibility index (Phi) is 9.95. The first-order valence-electron chi connectivity index (χ1n) is 11.8. The normalized spacial score (nSPS) is 10.8. The van der Waals surface area contributed by atoms with Crippen LogP contribution in [0.4, 0.5) is 11.4 Å². The molecule has 11 nitrogen and oxygen atoms in total. The number of nitro benzene ring substituents is 1. The van der Waals surface area contributed by atoms with Crippen molar-refractivity contribution >= 4 is 35.5 Å². The first-order valence-corrected chi connectivity index (χ1v) is 11.8. The zero-order valence-electron chi connectivity index (χ0n) is 23.0. The lowest BCUT2D eigenvalue weighted by molar-refractivity contribution is -0.385. The molecule has 0 radical (unpaired) electrons. The molecule has 1 N–H and O–H groups in total. The van der Waals surface area contributed by atoms with Gasteiger partial charge in [-0.2, -0.15) is 0 Å². The molecule has 3 aromatic carbocycles. The van der Waals surface area contributed by atoms with E-state index in [1.165, 1.54) is 45.6 Å². The van der Waals surface area contributed by atoms with Crippen LogP contribution in [-0.4, -0.2) is 53.5 Å². The van der Waals surface area contributed by atoms with Crippen molar-refractivity contribution in [1.29, 1.82) is 0 Å². The molecule has 210 valence electrons. The minimum Gasteiger partial charge on any atom is -0.495 e. The van der Waals surface area contributed by atoms with Crippen LogP contribution in [0.5, 0.6) is 34.5 Å². The second kappa shape index (κ2) is 13.6. The molecule has 0 spiro atoms. The average molecular weight is 551 g/mol. The van der Waals surface area contributed by atoms with Gasteiger partial charge in [0.15, 0.2) is 17.2 Å². The van der Waals surface area contributed by atoms with Crippen molar-refractivity contribution in [2.75, 3.05) is 48.0 Å². The minimum atomic E-state index is -0.582. The highest BCUT2D eigenvalue weighted by atomic mass is 16.6. The highest BCUT2D eigenvalue weighted by molar-refractivity contribution is 6.03. The van der Waals surface area contributed by atoms with Gasteiger partial charge in [0.1, 0.15) is 5.75 Å². The van der Waals surface area contributed by atoms with E-state index >= 15 is 0 Å². The van der Waals surface area contributed by atoms with Crippen molar-refractivity contribution in [3.05, 3.63) is 75.3 Å². The van der Waals surface area contributed by atoms with Crippen LogP contribution in [0.3, 0.4) is 0 Å². The Hall–Kier alpha value is -5.19. The number of nitrogens with one attached hydrogen (secondary N) is 1. The van der Waals surface area contributed by atoms with Crippen LogP contribution in [0.1, 0.15) is 16.7 Å². The molecule has 0 bridgehead atoms. The van der Waals surface area contributed by atoms with Crippen molar-refractivity contribution in [3.63, 3.8) is 0 Å². The fourth-order valence-corrected chi connectivity index (χ4v) is 3.85. The number of amides is 1. The van der Waals surface area contributed by atoms with E-state index in [4.69, 9.17) is 28.4 Å². The molecule has 0 aromatic heterocycles. The molecule has 0 aliphatic rings. The first-order chi connectivity index (χ1) is 19.3. The summed E-state index contributed by atoms with van der Waals surface area (Å²) >= 11 is 0. The quantitative estimate of drug-likeness (QED) is 0.135. The van der Waals surface area contributed by atoms with Crippen molar-refractivity contribution in [1.82, 2.24) is 0 Å². The van der Waals surface area contributed by atoms with Gasteiger partial charge in [0.25, 0.3) is 0 Å². The van der Waals surface area contributed by atoms with Gasteiger partial charge >= 0.3 is 5.69 Å². The summed E-state index contributed by atoms with van der Waals surface area (Å²) in [6, 6.07) is 11.8. The highest BCUT2D eigenvalue weighted by Gasteiger charge is 2.21. The summed E-state index contributed by atoms with van der Waals surface area (Å²) in [6.07, 6.45) is 6.44. The third-order valence-corrected chi connectivity index (χ3v) is 5.74. The zero-order chi connectivity index (χ0) is 29.2. The van der Waals surface area contributed by atoms with Gasteiger partial charge < -0.3 is 33.7 Å². The second-order valence-electron chi connectivity index (χ2n) is 8.11. The molecule has 0 aliphatic heterocycles. The van der Waals surface area contributed by atoms with Gasteiger partial charge in [-0.3, -0.25) is 14.9 Å². The predicted molar refractivity (Wildman–Crippen MR) is 152 cm³/mol. The SMILES string of the molecule is COc1cc(C=Cc2cc(OC)c(OC)c(OC)c2)ccc1NC(=O)/C=C/c1cc(OC)c(OC)c([N+](=O)[O-])c1. The zero-order valence-corrected chi connectivity index (χ0v) is 23.0. The number of methoxy groups -OCH3 is 6. The Bertz CT molecular complexity index is 1420. The summed E-state index contributed by atoms with van der Waals surface area (Å²) < 4.78 is 31.9. The van der Waals surface area contributed by atoms with Crippen LogP contribution >= 0.6 is 0 Å². The molecule has 11 heteroatoms. The van der Waals surface area contributed by atoms with Gasteiger partial charge in [-0.05, 0) is 53.1 Å².